The van der Waals surface area contributed by atoms with E-state index in [0.717, 1.165) is 0 Å². The van der Waals surface area contributed by atoms with E-state index >= 15 is 0 Å². The number of carbonyl (C=O) groups excluding carboxylic acids is 2. The molecule has 2 aromatic heterocycles. The van der Waals surface area contributed by atoms with Crippen LogP contribution in [0, 0.1) is 0 Å². The van der Waals surface area contributed by atoms with Gasteiger partial charge in [-0.05, 0) is 44.2 Å². The summed E-state index contributed by atoms with van der Waals surface area (Å²) in [5, 5.41) is 10.8. The average molecular weight is 380 g/mol. The second-order valence-electron chi connectivity index (χ2n) is 6.30. The van der Waals surface area contributed by atoms with Crippen molar-refractivity contribution < 1.29 is 14.3 Å². The molecule has 0 spiro atoms. The molecule has 0 bridgehead atoms. The third-order valence-corrected chi connectivity index (χ3v) is 4.08. The van der Waals surface area contributed by atoms with Gasteiger partial charge in [-0.15, -0.1) is 10.2 Å². The number of aromatic nitrogens is 4. The van der Waals surface area contributed by atoms with Crippen molar-refractivity contribution in [2.24, 2.45) is 5.73 Å². The second-order valence-corrected chi connectivity index (χ2v) is 6.30. The van der Waals surface area contributed by atoms with Crippen LogP contribution in [0.4, 0.5) is 5.82 Å². The van der Waals surface area contributed by atoms with Crippen molar-refractivity contribution in [1.29, 1.82) is 0 Å². The van der Waals surface area contributed by atoms with Crippen LogP contribution in [0.15, 0.2) is 42.7 Å². The fraction of sp³-hybridized carbons (Fsp3) is 0.211. The fourth-order valence-electron chi connectivity index (χ4n) is 2.66. The maximum Gasteiger partial charge on any atom is 0.260 e. The molecule has 0 aliphatic rings. The molecule has 0 aliphatic carbocycles. The maximum atomic E-state index is 12.7. The number of hydrogen-bond donors (Lipinski definition) is 2. The molecule has 1 aromatic carbocycles. The summed E-state index contributed by atoms with van der Waals surface area (Å²) in [5.74, 6) is 0.129. The van der Waals surface area contributed by atoms with Crippen LogP contribution in [-0.4, -0.2) is 38.7 Å². The summed E-state index contributed by atoms with van der Waals surface area (Å²) in [6.45, 7) is 4.02. The summed E-state index contributed by atoms with van der Waals surface area (Å²) in [6.07, 6.45) is 1.63. The molecule has 3 aromatic rings. The lowest BCUT2D eigenvalue weighted by Crippen LogP contribution is -2.17. The Balaban J connectivity index is 1.91. The lowest BCUT2D eigenvalue weighted by atomic mass is 10.1. The lowest BCUT2D eigenvalue weighted by Gasteiger charge is -2.12. The summed E-state index contributed by atoms with van der Waals surface area (Å²) in [5.41, 5.74) is 6.26. The first kappa shape index (κ1) is 19.0. The summed E-state index contributed by atoms with van der Waals surface area (Å²) < 4.78 is 7.09. The van der Waals surface area contributed by atoms with Gasteiger partial charge in [0.05, 0.1) is 12.7 Å². The first-order chi connectivity index (χ1) is 13.4. The van der Waals surface area contributed by atoms with Crippen molar-refractivity contribution >= 4 is 17.6 Å². The number of nitrogens with zero attached hydrogens (tertiary/aromatic N) is 4. The van der Waals surface area contributed by atoms with Crippen LogP contribution in [0.1, 0.15) is 40.6 Å². The number of benzene rings is 1. The molecule has 9 heteroatoms. The number of hydrogen-bond acceptors (Lipinski definition) is 6. The van der Waals surface area contributed by atoms with Gasteiger partial charge in [0, 0.05) is 11.6 Å². The lowest BCUT2D eigenvalue weighted by molar-refractivity contribution is 0.1000. The van der Waals surface area contributed by atoms with Gasteiger partial charge >= 0.3 is 0 Å². The Morgan fingerprint density at radius 3 is 2.68 bits per heavy atom. The third-order valence-electron chi connectivity index (χ3n) is 4.08. The molecule has 28 heavy (non-hydrogen) atoms. The second kappa shape index (κ2) is 7.87. The van der Waals surface area contributed by atoms with Crippen LogP contribution < -0.4 is 15.8 Å². The van der Waals surface area contributed by atoms with Crippen LogP contribution >= 0.6 is 0 Å². The summed E-state index contributed by atoms with van der Waals surface area (Å²) in [6, 6.07) is 9.75. The molecular weight excluding hydrogens is 360 g/mol. The SMILES string of the molecule is COc1ccc(C(N)=O)cc1C(=O)Nc1cccc(-c2nncn2C(C)C)n1. The molecule has 9 nitrogen and oxygen atoms in total. The van der Waals surface area contributed by atoms with Crippen LogP contribution in [0.3, 0.4) is 0 Å². The van der Waals surface area contributed by atoms with E-state index in [0.29, 0.717) is 23.1 Å². The number of pyridine rings is 1. The molecule has 0 saturated heterocycles. The number of anilines is 1. The predicted molar refractivity (Wildman–Crippen MR) is 103 cm³/mol. The van der Waals surface area contributed by atoms with E-state index in [4.69, 9.17) is 10.5 Å². The minimum atomic E-state index is -0.634. The Hall–Kier alpha value is -3.75. The van der Waals surface area contributed by atoms with Gasteiger partial charge in [-0.2, -0.15) is 0 Å². The fourth-order valence-corrected chi connectivity index (χ4v) is 2.66. The highest BCUT2D eigenvalue weighted by atomic mass is 16.5. The van der Waals surface area contributed by atoms with Gasteiger partial charge < -0.3 is 20.4 Å². The molecule has 2 amide bonds. The van der Waals surface area contributed by atoms with Crippen molar-refractivity contribution in [3.05, 3.63) is 53.9 Å². The van der Waals surface area contributed by atoms with E-state index < -0.39 is 11.8 Å². The van der Waals surface area contributed by atoms with Gasteiger partial charge in [-0.3, -0.25) is 9.59 Å². The maximum absolute atomic E-state index is 12.7. The van der Waals surface area contributed by atoms with Crippen LogP contribution in [0.25, 0.3) is 11.5 Å². The van der Waals surface area contributed by atoms with Crippen molar-refractivity contribution in [1.82, 2.24) is 19.7 Å². The largest absolute Gasteiger partial charge is 0.496 e. The number of ether oxygens (including phenoxy) is 1. The van der Waals surface area contributed by atoms with Crippen molar-refractivity contribution in [2.75, 3.05) is 12.4 Å². The molecule has 144 valence electrons. The standard InChI is InChI=1S/C19H20N6O3/c1-11(2)25-10-21-24-18(25)14-5-4-6-16(22-14)23-19(27)13-9-12(17(20)26)7-8-15(13)28-3/h4-11H,1-3H3,(H2,20,26)(H,22,23,27). The van der Waals surface area contributed by atoms with Gasteiger partial charge in [0.25, 0.3) is 5.91 Å². The summed E-state index contributed by atoms with van der Waals surface area (Å²) >= 11 is 0. The smallest absolute Gasteiger partial charge is 0.260 e. The zero-order chi connectivity index (χ0) is 20.3. The van der Waals surface area contributed by atoms with Crippen molar-refractivity contribution in [2.45, 2.75) is 19.9 Å². The average Bonchev–Trinajstić information content (AvgIpc) is 3.18. The Morgan fingerprint density at radius 2 is 2.00 bits per heavy atom. The van der Waals surface area contributed by atoms with Crippen LogP contribution in [0.2, 0.25) is 0 Å². The van der Waals surface area contributed by atoms with Crippen LogP contribution in [0.5, 0.6) is 5.75 Å². The first-order valence-electron chi connectivity index (χ1n) is 8.57. The Kier molecular flexibility index (Phi) is 5.35. The van der Waals surface area contributed by atoms with Gasteiger partial charge in [0.15, 0.2) is 5.82 Å². The normalized spacial score (nSPS) is 10.7. The van der Waals surface area contributed by atoms with Crippen LogP contribution in [-0.2, 0) is 0 Å². The highest BCUT2D eigenvalue weighted by molar-refractivity contribution is 6.07. The molecular formula is C19H20N6O3. The minimum absolute atomic E-state index is 0.158. The van der Waals surface area contributed by atoms with Gasteiger partial charge in [0.1, 0.15) is 23.6 Å². The van der Waals surface area contributed by atoms with E-state index in [2.05, 4.69) is 20.5 Å². The molecule has 3 rings (SSSR count). The van der Waals surface area contributed by atoms with E-state index in [1.54, 1.807) is 24.5 Å². The predicted octanol–water partition coefficient (Wildman–Crippen LogP) is 2.28. The first-order valence-corrected chi connectivity index (χ1v) is 8.57. The van der Waals surface area contributed by atoms with E-state index in [9.17, 15) is 9.59 Å². The number of carbonyl (C=O) groups is 2. The Bertz CT molecular complexity index is 1030. The van der Waals surface area contributed by atoms with Crippen molar-refractivity contribution in [3.8, 4) is 17.3 Å². The number of nitrogens with two attached hydrogens (primary N) is 1. The minimum Gasteiger partial charge on any atom is -0.496 e. The zero-order valence-corrected chi connectivity index (χ0v) is 15.7. The molecule has 0 aliphatic heterocycles. The summed E-state index contributed by atoms with van der Waals surface area (Å²) in [7, 11) is 1.44. The van der Waals surface area contributed by atoms with Crippen molar-refractivity contribution in [3.63, 3.8) is 0 Å². The monoisotopic (exact) mass is 380 g/mol. The van der Waals surface area contributed by atoms with Gasteiger partial charge in [-0.1, -0.05) is 6.07 Å². The topological polar surface area (TPSA) is 125 Å². The van der Waals surface area contributed by atoms with E-state index in [1.807, 2.05) is 18.4 Å². The number of amides is 2. The van der Waals surface area contributed by atoms with E-state index in [-0.39, 0.29) is 17.2 Å². The quantitative estimate of drug-likeness (QED) is 0.676. The van der Waals surface area contributed by atoms with E-state index in [1.165, 1.54) is 25.3 Å². The Labute approximate surface area is 161 Å². The molecule has 0 fully saturated rings. The van der Waals surface area contributed by atoms with Gasteiger partial charge in [-0.25, -0.2) is 4.98 Å². The number of methoxy groups -OCH3 is 1. The summed E-state index contributed by atoms with van der Waals surface area (Å²) in [4.78, 5) is 28.6. The van der Waals surface area contributed by atoms with Gasteiger partial charge in [0.2, 0.25) is 5.91 Å². The Morgan fingerprint density at radius 1 is 1.21 bits per heavy atom. The third kappa shape index (κ3) is 3.83. The molecule has 0 atom stereocenters. The molecule has 2 heterocycles. The number of rotatable bonds is 6. The highest BCUT2D eigenvalue weighted by Crippen LogP contribution is 2.23. The molecule has 3 N–H and O–H groups in total. The zero-order valence-electron chi connectivity index (χ0n) is 15.7. The highest BCUT2D eigenvalue weighted by Gasteiger charge is 2.17. The number of nitrogens with one attached hydrogen (secondary N) is 1. The molecule has 0 unspecified atom stereocenters. The molecule has 0 radical (unpaired) electrons. The number of primary amides is 1. The molecule has 0 saturated carbocycles.